The highest BCUT2D eigenvalue weighted by Crippen LogP contribution is 2.21. The van der Waals surface area contributed by atoms with E-state index in [0.717, 1.165) is 6.42 Å². The van der Waals surface area contributed by atoms with Crippen molar-refractivity contribution in [1.29, 1.82) is 0 Å². The van der Waals surface area contributed by atoms with Gasteiger partial charge in [-0.3, -0.25) is 0 Å². The number of aromatic hydroxyl groups is 1. The number of nitrogens with two attached hydrogens (primary N) is 1. The number of phenolic OH excluding ortho intramolecular Hbond substituents is 1. The lowest BCUT2D eigenvalue weighted by molar-refractivity contribution is 0.477. The van der Waals surface area contributed by atoms with Gasteiger partial charge in [0.15, 0.2) is 0 Å². The maximum Gasteiger partial charge on any atom is 0.138 e. The average molecular weight is 216 g/mol. The smallest absolute Gasteiger partial charge is 0.138 e. The van der Waals surface area contributed by atoms with Crippen LogP contribution in [-0.2, 0) is 6.42 Å². The number of nitrogen functional groups attached to an aromatic ring is 1. The largest absolute Gasteiger partial charge is 0.506 e. The summed E-state index contributed by atoms with van der Waals surface area (Å²) < 4.78 is 0. The minimum Gasteiger partial charge on any atom is -0.506 e. The number of phenols is 1. The van der Waals surface area contributed by atoms with Crippen molar-refractivity contribution in [3.05, 3.63) is 23.8 Å². The summed E-state index contributed by atoms with van der Waals surface area (Å²) in [5.74, 6) is 0.180. The topological polar surface area (TPSA) is 46.2 Å². The van der Waals surface area contributed by atoms with Crippen LogP contribution in [-0.4, -0.2) is 5.11 Å². The first-order valence-corrected chi connectivity index (χ1v) is 4.81. The zero-order valence-electron chi connectivity index (χ0n) is 8.49. The molecule has 0 atom stereocenters. The molecule has 0 amide bonds. The van der Waals surface area contributed by atoms with Gasteiger partial charge in [0.1, 0.15) is 5.75 Å². The average Bonchev–Trinajstić information content (AvgIpc) is 2.12. The summed E-state index contributed by atoms with van der Waals surface area (Å²) in [7, 11) is 0. The van der Waals surface area contributed by atoms with E-state index in [1.165, 1.54) is 24.8 Å². The molecule has 0 fully saturated rings. The van der Waals surface area contributed by atoms with E-state index in [4.69, 9.17) is 5.73 Å². The fraction of sp³-hybridized carbons (Fsp3) is 0.455. The minimum atomic E-state index is 0. The number of rotatable bonds is 4. The van der Waals surface area contributed by atoms with Gasteiger partial charge in [-0.05, 0) is 30.5 Å². The van der Waals surface area contributed by atoms with Gasteiger partial charge in [-0.25, -0.2) is 0 Å². The lowest BCUT2D eigenvalue weighted by atomic mass is 10.1. The zero-order valence-corrected chi connectivity index (χ0v) is 9.31. The van der Waals surface area contributed by atoms with Crippen LogP contribution in [0.2, 0.25) is 0 Å². The van der Waals surface area contributed by atoms with Crippen molar-refractivity contribution >= 4 is 18.1 Å². The highest BCUT2D eigenvalue weighted by molar-refractivity contribution is 5.85. The first kappa shape index (κ1) is 13.1. The van der Waals surface area contributed by atoms with Crippen molar-refractivity contribution in [3.8, 4) is 5.75 Å². The van der Waals surface area contributed by atoms with Gasteiger partial charge in [0.05, 0.1) is 5.69 Å². The van der Waals surface area contributed by atoms with Crippen molar-refractivity contribution in [2.24, 2.45) is 0 Å². The fourth-order valence-electron chi connectivity index (χ4n) is 1.34. The van der Waals surface area contributed by atoms with E-state index in [9.17, 15) is 5.11 Å². The Morgan fingerprint density at radius 3 is 2.57 bits per heavy atom. The Morgan fingerprint density at radius 1 is 1.29 bits per heavy atom. The summed E-state index contributed by atoms with van der Waals surface area (Å²) >= 11 is 0. The van der Waals surface area contributed by atoms with Crippen LogP contribution in [0.1, 0.15) is 31.7 Å². The van der Waals surface area contributed by atoms with Crippen molar-refractivity contribution in [1.82, 2.24) is 0 Å². The number of hydrogen-bond acceptors (Lipinski definition) is 2. The van der Waals surface area contributed by atoms with E-state index < -0.39 is 0 Å². The van der Waals surface area contributed by atoms with Crippen LogP contribution in [0, 0.1) is 0 Å². The molecule has 80 valence electrons. The molecule has 3 N–H and O–H groups in total. The monoisotopic (exact) mass is 215 g/mol. The molecule has 0 aliphatic carbocycles. The lowest BCUT2D eigenvalue weighted by Crippen LogP contribution is -1.90. The predicted molar refractivity (Wildman–Crippen MR) is 63.0 cm³/mol. The van der Waals surface area contributed by atoms with E-state index in [2.05, 4.69) is 6.92 Å². The molecule has 0 aliphatic heterocycles. The van der Waals surface area contributed by atoms with Crippen LogP contribution in [0.3, 0.4) is 0 Å². The molecule has 2 nitrogen and oxygen atoms in total. The normalized spacial score (nSPS) is 9.50. The Labute approximate surface area is 91.5 Å². The predicted octanol–water partition coefficient (Wildman–Crippen LogP) is 3.13. The van der Waals surface area contributed by atoms with Gasteiger partial charge >= 0.3 is 0 Å². The molecule has 1 rings (SSSR count). The maximum absolute atomic E-state index is 9.19. The van der Waals surface area contributed by atoms with Gasteiger partial charge in [0.2, 0.25) is 0 Å². The van der Waals surface area contributed by atoms with Crippen molar-refractivity contribution in [2.75, 3.05) is 5.73 Å². The fourth-order valence-corrected chi connectivity index (χ4v) is 1.34. The summed E-state index contributed by atoms with van der Waals surface area (Å²) in [6.07, 6.45) is 4.73. The standard InChI is InChI=1S/C11H17NO.ClH/c1-2-3-4-5-9-6-7-11(13)10(12)8-9;/h6-8,13H,2-5,12H2,1H3;1H. The number of halogens is 1. The first-order chi connectivity index (χ1) is 6.24. The number of benzene rings is 1. The number of hydrogen-bond donors (Lipinski definition) is 2. The maximum atomic E-state index is 9.19. The van der Waals surface area contributed by atoms with Gasteiger partial charge < -0.3 is 10.8 Å². The van der Waals surface area contributed by atoms with E-state index >= 15 is 0 Å². The third-order valence-electron chi connectivity index (χ3n) is 2.16. The quantitative estimate of drug-likeness (QED) is 0.461. The second kappa shape index (κ2) is 6.55. The molecule has 0 saturated heterocycles. The molecule has 0 saturated carbocycles. The molecule has 1 aromatic carbocycles. The Kier molecular flexibility index (Phi) is 6.13. The molecule has 0 heterocycles. The van der Waals surface area contributed by atoms with E-state index in [1.54, 1.807) is 6.07 Å². The summed E-state index contributed by atoms with van der Waals surface area (Å²) in [6, 6.07) is 5.45. The molecule has 0 spiro atoms. The van der Waals surface area contributed by atoms with Crippen LogP contribution >= 0.6 is 12.4 Å². The van der Waals surface area contributed by atoms with Crippen LogP contribution in [0.15, 0.2) is 18.2 Å². The van der Waals surface area contributed by atoms with Crippen LogP contribution in [0.25, 0.3) is 0 Å². The molecular formula is C11H18ClNO. The summed E-state index contributed by atoms with van der Waals surface area (Å²) in [5, 5.41) is 9.19. The molecule has 0 radical (unpaired) electrons. The Morgan fingerprint density at radius 2 is 2.00 bits per heavy atom. The number of aryl methyl sites for hydroxylation is 1. The van der Waals surface area contributed by atoms with E-state index in [1.807, 2.05) is 12.1 Å². The van der Waals surface area contributed by atoms with Crippen LogP contribution < -0.4 is 5.73 Å². The second-order valence-electron chi connectivity index (χ2n) is 3.35. The molecule has 0 unspecified atom stereocenters. The highest BCUT2D eigenvalue weighted by atomic mass is 35.5. The Bertz CT molecular complexity index is 276. The van der Waals surface area contributed by atoms with Gasteiger partial charge in [0.25, 0.3) is 0 Å². The van der Waals surface area contributed by atoms with Crippen LogP contribution in [0.5, 0.6) is 5.75 Å². The van der Waals surface area contributed by atoms with Gasteiger partial charge in [-0.15, -0.1) is 12.4 Å². The van der Waals surface area contributed by atoms with E-state index in [0.29, 0.717) is 5.69 Å². The highest BCUT2D eigenvalue weighted by Gasteiger charge is 1.98. The number of anilines is 1. The Hall–Kier alpha value is -0.890. The third kappa shape index (κ3) is 3.88. The van der Waals surface area contributed by atoms with Gasteiger partial charge in [-0.2, -0.15) is 0 Å². The summed E-state index contributed by atoms with van der Waals surface area (Å²) in [5.41, 5.74) is 7.27. The SMILES string of the molecule is CCCCCc1ccc(O)c(N)c1.Cl. The van der Waals surface area contributed by atoms with Gasteiger partial charge in [0, 0.05) is 0 Å². The Balaban J connectivity index is 0.00000169. The minimum absolute atomic E-state index is 0. The van der Waals surface area contributed by atoms with Crippen molar-refractivity contribution < 1.29 is 5.11 Å². The molecular weight excluding hydrogens is 198 g/mol. The van der Waals surface area contributed by atoms with Gasteiger partial charge in [-0.1, -0.05) is 25.8 Å². The van der Waals surface area contributed by atoms with Crippen molar-refractivity contribution in [3.63, 3.8) is 0 Å². The molecule has 3 heteroatoms. The lowest BCUT2D eigenvalue weighted by Gasteiger charge is -2.03. The molecule has 14 heavy (non-hydrogen) atoms. The molecule has 1 aromatic rings. The molecule has 0 aliphatic rings. The molecule has 0 bridgehead atoms. The zero-order chi connectivity index (χ0) is 9.68. The number of unbranched alkanes of at least 4 members (excludes halogenated alkanes) is 2. The first-order valence-electron chi connectivity index (χ1n) is 4.81. The summed E-state index contributed by atoms with van der Waals surface area (Å²) in [4.78, 5) is 0. The third-order valence-corrected chi connectivity index (χ3v) is 2.16. The van der Waals surface area contributed by atoms with E-state index in [-0.39, 0.29) is 18.2 Å². The van der Waals surface area contributed by atoms with Crippen LogP contribution in [0.4, 0.5) is 5.69 Å². The van der Waals surface area contributed by atoms with Crippen molar-refractivity contribution in [2.45, 2.75) is 32.6 Å². The second-order valence-corrected chi connectivity index (χ2v) is 3.35. The summed E-state index contributed by atoms with van der Waals surface area (Å²) in [6.45, 7) is 2.19. The molecule has 0 aromatic heterocycles.